The van der Waals surface area contributed by atoms with E-state index in [2.05, 4.69) is 10.1 Å². The number of piperidine rings is 1. The molecule has 1 amide bonds. The second-order valence-electron chi connectivity index (χ2n) is 8.49. The van der Waals surface area contributed by atoms with Gasteiger partial charge in [0.05, 0.1) is 29.4 Å². The van der Waals surface area contributed by atoms with E-state index in [0.717, 1.165) is 47.3 Å². The Kier molecular flexibility index (Phi) is 6.21. The molecule has 2 aromatic heterocycles. The van der Waals surface area contributed by atoms with Crippen molar-refractivity contribution in [1.82, 2.24) is 20.0 Å². The van der Waals surface area contributed by atoms with Crippen LogP contribution >= 0.6 is 0 Å². The first-order chi connectivity index (χ1) is 15.3. The van der Waals surface area contributed by atoms with Crippen molar-refractivity contribution >= 4 is 11.9 Å². The van der Waals surface area contributed by atoms with Gasteiger partial charge in [-0.05, 0) is 50.8 Å². The van der Waals surface area contributed by atoms with Crippen molar-refractivity contribution in [3.63, 3.8) is 0 Å². The van der Waals surface area contributed by atoms with Gasteiger partial charge in [-0.2, -0.15) is 0 Å². The number of amides is 1. The Labute approximate surface area is 187 Å². The van der Waals surface area contributed by atoms with E-state index in [1.807, 2.05) is 37.7 Å². The molecule has 1 fully saturated rings. The Balaban J connectivity index is 1.73. The molecule has 3 heterocycles. The topological polar surface area (TPSA) is 75.4 Å². The van der Waals surface area contributed by atoms with Crippen molar-refractivity contribution in [1.29, 1.82) is 0 Å². The van der Waals surface area contributed by atoms with Crippen LogP contribution in [0, 0.1) is 19.7 Å². The standard InChI is InChI=1S/C24H28FN5O2/c1-15-16(2)28-32-23(15)19-14-26-24(29(3)4)27-22(19)20-7-5-6-12-30(20)21(31)13-17-8-10-18(25)11-9-17/h8-11,14,20H,5-7,12-13H2,1-4H3. The molecule has 0 N–H and O–H groups in total. The van der Waals surface area contributed by atoms with E-state index < -0.39 is 0 Å². The number of hydrogen-bond donors (Lipinski definition) is 0. The molecule has 0 spiro atoms. The molecule has 0 aliphatic carbocycles. The van der Waals surface area contributed by atoms with E-state index in [9.17, 15) is 9.18 Å². The van der Waals surface area contributed by atoms with E-state index >= 15 is 0 Å². The number of carbonyl (C=O) groups is 1. The minimum absolute atomic E-state index is 0.00254. The highest BCUT2D eigenvalue weighted by Crippen LogP contribution is 2.38. The molecule has 1 unspecified atom stereocenters. The molecule has 32 heavy (non-hydrogen) atoms. The normalized spacial score (nSPS) is 16.3. The molecule has 0 bridgehead atoms. The van der Waals surface area contributed by atoms with Crippen LogP contribution in [0.25, 0.3) is 11.3 Å². The zero-order valence-corrected chi connectivity index (χ0v) is 18.9. The fourth-order valence-electron chi connectivity index (χ4n) is 4.09. The lowest BCUT2D eigenvalue weighted by molar-refractivity contribution is -0.134. The summed E-state index contributed by atoms with van der Waals surface area (Å²) in [6.45, 7) is 4.51. The predicted octanol–water partition coefficient (Wildman–Crippen LogP) is 4.25. The van der Waals surface area contributed by atoms with Gasteiger partial charge in [-0.1, -0.05) is 17.3 Å². The molecule has 8 heteroatoms. The molecular weight excluding hydrogens is 409 g/mol. The lowest BCUT2D eigenvalue weighted by atomic mass is 9.94. The molecule has 7 nitrogen and oxygen atoms in total. The fraction of sp³-hybridized carbons (Fsp3) is 0.417. The van der Waals surface area contributed by atoms with Crippen LogP contribution in [-0.2, 0) is 11.2 Å². The highest BCUT2D eigenvalue weighted by Gasteiger charge is 2.33. The molecule has 1 atom stereocenters. The van der Waals surface area contributed by atoms with Crippen LogP contribution in [0.4, 0.5) is 10.3 Å². The Bertz CT molecular complexity index is 1110. The van der Waals surface area contributed by atoms with E-state index in [4.69, 9.17) is 9.51 Å². The van der Waals surface area contributed by atoms with Gasteiger partial charge in [0.2, 0.25) is 11.9 Å². The summed E-state index contributed by atoms with van der Waals surface area (Å²) in [5.41, 5.74) is 4.08. The number of anilines is 1. The number of benzene rings is 1. The van der Waals surface area contributed by atoms with Crippen molar-refractivity contribution in [3.05, 3.63) is 58.8 Å². The van der Waals surface area contributed by atoms with Gasteiger partial charge in [-0.25, -0.2) is 14.4 Å². The van der Waals surface area contributed by atoms with Gasteiger partial charge in [0.1, 0.15) is 5.82 Å². The monoisotopic (exact) mass is 437 g/mol. The van der Waals surface area contributed by atoms with Crippen LogP contribution in [0.3, 0.4) is 0 Å². The average Bonchev–Trinajstić information content (AvgIpc) is 3.13. The summed E-state index contributed by atoms with van der Waals surface area (Å²) in [6, 6.07) is 5.90. The van der Waals surface area contributed by atoms with Crippen LogP contribution in [0.15, 0.2) is 35.0 Å². The SMILES string of the molecule is Cc1noc(-c2cnc(N(C)C)nc2C2CCCCN2C(=O)Cc2ccc(F)cc2)c1C. The number of hydrogen-bond acceptors (Lipinski definition) is 6. The van der Waals surface area contributed by atoms with Crippen molar-refractivity contribution in [2.75, 3.05) is 25.5 Å². The quantitative estimate of drug-likeness (QED) is 0.594. The third-order valence-electron chi connectivity index (χ3n) is 6.01. The lowest BCUT2D eigenvalue weighted by Crippen LogP contribution is -2.40. The molecule has 1 saturated heterocycles. The van der Waals surface area contributed by atoms with Crippen molar-refractivity contribution < 1.29 is 13.7 Å². The number of aryl methyl sites for hydroxylation is 1. The predicted molar refractivity (Wildman–Crippen MR) is 120 cm³/mol. The molecule has 0 saturated carbocycles. The number of likely N-dealkylation sites (tertiary alicyclic amines) is 1. The Morgan fingerprint density at radius 3 is 2.62 bits per heavy atom. The van der Waals surface area contributed by atoms with Crippen molar-refractivity contribution in [2.24, 2.45) is 0 Å². The fourth-order valence-corrected chi connectivity index (χ4v) is 4.09. The summed E-state index contributed by atoms with van der Waals surface area (Å²) >= 11 is 0. The second-order valence-corrected chi connectivity index (χ2v) is 8.49. The van der Waals surface area contributed by atoms with Gasteiger partial charge in [-0.3, -0.25) is 4.79 Å². The van der Waals surface area contributed by atoms with Crippen molar-refractivity contribution in [2.45, 2.75) is 45.6 Å². The maximum absolute atomic E-state index is 13.3. The zero-order valence-electron chi connectivity index (χ0n) is 18.9. The zero-order chi connectivity index (χ0) is 22.8. The smallest absolute Gasteiger partial charge is 0.227 e. The minimum Gasteiger partial charge on any atom is -0.356 e. The maximum Gasteiger partial charge on any atom is 0.227 e. The van der Waals surface area contributed by atoms with Gasteiger partial charge in [-0.15, -0.1) is 0 Å². The third kappa shape index (κ3) is 4.35. The summed E-state index contributed by atoms with van der Waals surface area (Å²) in [7, 11) is 3.78. The number of carbonyl (C=O) groups excluding carboxylic acids is 1. The first kappa shape index (κ1) is 21.9. The van der Waals surface area contributed by atoms with Crippen LogP contribution in [0.2, 0.25) is 0 Å². The van der Waals surface area contributed by atoms with E-state index in [1.54, 1.807) is 18.3 Å². The lowest BCUT2D eigenvalue weighted by Gasteiger charge is -2.36. The van der Waals surface area contributed by atoms with Gasteiger partial charge >= 0.3 is 0 Å². The Hall–Kier alpha value is -3.29. The summed E-state index contributed by atoms with van der Waals surface area (Å²) in [5, 5.41) is 4.10. The maximum atomic E-state index is 13.3. The molecule has 1 aliphatic heterocycles. The molecule has 168 valence electrons. The van der Waals surface area contributed by atoms with Crippen LogP contribution in [-0.4, -0.2) is 46.6 Å². The number of rotatable bonds is 5. The molecular formula is C24H28FN5O2. The molecule has 3 aromatic rings. The largest absolute Gasteiger partial charge is 0.356 e. The highest BCUT2D eigenvalue weighted by molar-refractivity contribution is 5.80. The van der Waals surface area contributed by atoms with Gasteiger partial charge in [0.25, 0.3) is 0 Å². The van der Waals surface area contributed by atoms with Crippen LogP contribution < -0.4 is 4.90 Å². The van der Waals surface area contributed by atoms with Crippen molar-refractivity contribution in [3.8, 4) is 11.3 Å². The van der Waals surface area contributed by atoms with Gasteiger partial charge < -0.3 is 14.3 Å². The van der Waals surface area contributed by atoms with E-state index in [-0.39, 0.29) is 24.2 Å². The summed E-state index contributed by atoms with van der Waals surface area (Å²) in [5.74, 6) is 0.910. The highest BCUT2D eigenvalue weighted by atomic mass is 19.1. The molecule has 1 aliphatic rings. The third-order valence-corrected chi connectivity index (χ3v) is 6.01. The Morgan fingerprint density at radius 1 is 1.22 bits per heavy atom. The average molecular weight is 438 g/mol. The van der Waals surface area contributed by atoms with Gasteiger partial charge in [0.15, 0.2) is 5.76 Å². The first-order valence-corrected chi connectivity index (χ1v) is 10.9. The summed E-state index contributed by atoms with van der Waals surface area (Å²) < 4.78 is 18.9. The second kappa shape index (κ2) is 9.06. The molecule has 0 radical (unpaired) electrons. The molecule has 4 rings (SSSR count). The first-order valence-electron chi connectivity index (χ1n) is 10.9. The minimum atomic E-state index is -0.309. The van der Waals surface area contributed by atoms with Gasteiger partial charge in [0, 0.05) is 32.4 Å². The Morgan fingerprint density at radius 2 is 1.97 bits per heavy atom. The number of halogens is 1. The van der Waals surface area contributed by atoms with E-state index in [0.29, 0.717) is 18.3 Å². The number of aromatic nitrogens is 3. The number of nitrogens with zero attached hydrogens (tertiary/aromatic N) is 5. The summed E-state index contributed by atoms with van der Waals surface area (Å²) in [4.78, 5) is 26.4. The van der Waals surface area contributed by atoms with E-state index in [1.165, 1.54) is 12.1 Å². The summed E-state index contributed by atoms with van der Waals surface area (Å²) in [6.07, 6.45) is 4.73. The van der Waals surface area contributed by atoms with Crippen LogP contribution in [0.1, 0.15) is 47.8 Å². The van der Waals surface area contributed by atoms with Crippen LogP contribution in [0.5, 0.6) is 0 Å². The molecule has 1 aromatic carbocycles.